The Balaban J connectivity index is 2.10. The van der Waals surface area contributed by atoms with Gasteiger partial charge in [0.15, 0.2) is 0 Å². The van der Waals surface area contributed by atoms with Crippen molar-refractivity contribution in [2.24, 2.45) is 5.73 Å². The second-order valence-electron chi connectivity index (χ2n) is 3.50. The Morgan fingerprint density at radius 2 is 2.36 bits per heavy atom. The number of hydrogen-bond acceptors (Lipinski definition) is 4. The Labute approximate surface area is 85.6 Å². The van der Waals surface area contributed by atoms with Crippen LogP contribution in [-0.4, -0.2) is 22.3 Å². The molecule has 5 nitrogen and oxygen atoms in total. The van der Waals surface area contributed by atoms with Gasteiger partial charge in [0.05, 0.1) is 11.9 Å². The summed E-state index contributed by atoms with van der Waals surface area (Å²) >= 11 is 5.78. The van der Waals surface area contributed by atoms with Crippen LogP contribution in [0.2, 0.25) is 5.02 Å². The van der Waals surface area contributed by atoms with Crippen molar-refractivity contribution in [3.05, 3.63) is 21.6 Å². The number of rotatable bonds is 2. The zero-order valence-electron chi connectivity index (χ0n) is 7.46. The number of nitrogens with one attached hydrogen (secondary N) is 2. The molecule has 76 valence electrons. The lowest BCUT2D eigenvalue weighted by atomic mass is 9.87. The number of aromatic nitrogens is 2. The van der Waals surface area contributed by atoms with Crippen LogP contribution >= 0.6 is 11.6 Å². The van der Waals surface area contributed by atoms with E-state index in [9.17, 15) is 4.79 Å². The molecule has 2 rings (SSSR count). The van der Waals surface area contributed by atoms with Gasteiger partial charge >= 0.3 is 0 Å². The van der Waals surface area contributed by atoms with E-state index in [-0.39, 0.29) is 16.6 Å². The van der Waals surface area contributed by atoms with Crippen molar-refractivity contribution in [3.63, 3.8) is 0 Å². The monoisotopic (exact) mass is 214 g/mol. The van der Waals surface area contributed by atoms with Gasteiger partial charge in [-0.25, -0.2) is 5.10 Å². The van der Waals surface area contributed by atoms with Gasteiger partial charge in [-0.1, -0.05) is 11.6 Å². The minimum Gasteiger partial charge on any atom is -0.380 e. The maximum Gasteiger partial charge on any atom is 0.285 e. The lowest BCUT2D eigenvalue weighted by Gasteiger charge is -2.33. The van der Waals surface area contributed by atoms with Crippen LogP contribution in [0.3, 0.4) is 0 Å². The molecule has 1 fully saturated rings. The fourth-order valence-corrected chi connectivity index (χ4v) is 1.63. The Morgan fingerprint density at radius 3 is 3.00 bits per heavy atom. The van der Waals surface area contributed by atoms with Gasteiger partial charge in [0.25, 0.3) is 5.56 Å². The van der Waals surface area contributed by atoms with Crippen LogP contribution < -0.4 is 16.6 Å². The average Bonchev–Trinajstić information content (AvgIpc) is 2.10. The Hall–Kier alpha value is -1.07. The van der Waals surface area contributed by atoms with Crippen molar-refractivity contribution in [2.75, 3.05) is 5.32 Å². The molecule has 14 heavy (non-hydrogen) atoms. The molecule has 1 saturated carbocycles. The van der Waals surface area contributed by atoms with E-state index >= 15 is 0 Å². The van der Waals surface area contributed by atoms with Crippen molar-refractivity contribution >= 4 is 17.3 Å². The lowest BCUT2D eigenvalue weighted by molar-refractivity contribution is 0.373. The molecule has 6 heteroatoms. The van der Waals surface area contributed by atoms with Crippen molar-refractivity contribution in [2.45, 2.75) is 24.9 Å². The number of halogens is 1. The summed E-state index contributed by atoms with van der Waals surface area (Å²) in [5, 5.41) is 9.19. The third kappa shape index (κ3) is 1.73. The topological polar surface area (TPSA) is 83.8 Å². The summed E-state index contributed by atoms with van der Waals surface area (Å²) < 4.78 is 0. The van der Waals surface area contributed by atoms with Crippen LogP contribution in [0.5, 0.6) is 0 Å². The summed E-state index contributed by atoms with van der Waals surface area (Å²) in [5.41, 5.74) is 5.84. The Kier molecular flexibility index (Phi) is 2.43. The normalized spacial score (nSPS) is 25.6. The number of hydrogen-bond donors (Lipinski definition) is 3. The number of anilines is 1. The summed E-state index contributed by atoms with van der Waals surface area (Å²) in [6.45, 7) is 0. The molecule has 0 radical (unpaired) electrons. The van der Waals surface area contributed by atoms with E-state index in [4.69, 9.17) is 17.3 Å². The highest BCUT2D eigenvalue weighted by molar-refractivity contribution is 6.32. The molecule has 0 bridgehead atoms. The van der Waals surface area contributed by atoms with Crippen LogP contribution in [0.15, 0.2) is 11.0 Å². The van der Waals surface area contributed by atoms with E-state index in [2.05, 4.69) is 15.5 Å². The Bertz CT molecular complexity index is 385. The molecule has 1 aliphatic carbocycles. The number of nitrogens with two attached hydrogens (primary N) is 1. The minimum absolute atomic E-state index is 0.153. The minimum atomic E-state index is -0.375. The van der Waals surface area contributed by atoms with Gasteiger partial charge in [-0.3, -0.25) is 4.79 Å². The Morgan fingerprint density at radius 1 is 1.64 bits per heavy atom. The molecule has 4 N–H and O–H groups in total. The predicted molar refractivity (Wildman–Crippen MR) is 54.5 cm³/mol. The zero-order chi connectivity index (χ0) is 10.1. The lowest BCUT2D eigenvalue weighted by Crippen LogP contribution is -2.44. The maximum absolute atomic E-state index is 11.1. The summed E-state index contributed by atoms with van der Waals surface area (Å²) in [6, 6.07) is 0.576. The molecule has 0 atom stereocenters. The molecule has 0 saturated heterocycles. The number of nitrogens with zero attached hydrogens (tertiary/aromatic N) is 1. The molecule has 0 unspecified atom stereocenters. The molecule has 1 aromatic heterocycles. The van der Waals surface area contributed by atoms with Gasteiger partial charge in [0, 0.05) is 12.1 Å². The summed E-state index contributed by atoms with van der Waals surface area (Å²) in [6.07, 6.45) is 3.32. The first-order valence-electron chi connectivity index (χ1n) is 4.42. The molecule has 1 heterocycles. The van der Waals surface area contributed by atoms with Gasteiger partial charge in [-0.05, 0) is 12.8 Å². The number of aromatic amines is 1. The highest BCUT2D eigenvalue weighted by atomic mass is 35.5. The van der Waals surface area contributed by atoms with Crippen molar-refractivity contribution < 1.29 is 0 Å². The zero-order valence-corrected chi connectivity index (χ0v) is 8.21. The molecule has 0 spiro atoms. The molecule has 0 aliphatic heterocycles. The van der Waals surface area contributed by atoms with E-state index in [1.165, 1.54) is 6.20 Å². The van der Waals surface area contributed by atoms with Crippen LogP contribution in [0.25, 0.3) is 0 Å². The number of H-pyrrole nitrogens is 1. The van der Waals surface area contributed by atoms with Crippen molar-refractivity contribution in [1.82, 2.24) is 10.2 Å². The third-order valence-electron chi connectivity index (χ3n) is 2.33. The van der Waals surface area contributed by atoms with Crippen LogP contribution in [0.1, 0.15) is 12.8 Å². The highest BCUT2D eigenvalue weighted by Crippen LogP contribution is 2.24. The van der Waals surface area contributed by atoms with Gasteiger partial charge < -0.3 is 11.1 Å². The van der Waals surface area contributed by atoms with Crippen LogP contribution in [0, 0.1) is 0 Å². The fourth-order valence-electron chi connectivity index (χ4n) is 1.48. The SMILES string of the molecule is NC1CC(Nc2cn[nH]c(=O)c2Cl)C1. The third-order valence-corrected chi connectivity index (χ3v) is 2.70. The second kappa shape index (κ2) is 3.59. The van der Waals surface area contributed by atoms with E-state index in [0.29, 0.717) is 11.7 Å². The predicted octanol–water partition coefficient (Wildman–Crippen LogP) is 0.325. The largest absolute Gasteiger partial charge is 0.380 e. The molecule has 0 aromatic carbocycles. The van der Waals surface area contributed by atoms with Crippen molar-refractivity contribution in [3.8, 4) is 0 Å². The van der Waals surface area contributed by atoms with Gasteiger partial charge in [0.2, 0.25) is 0 Å². The summed E-state index contributed by atoms with van der Waals surface area (Å²) in [7, 11) is 0. The molecule has 0 amide bonds. The smallest absolute Gasteiger partial charge is 0.285 e. The molecular weight excluding hydrogens is 204 g/mol. The fraction of sp³-hybridized carbons (Fsp3) is 0.500. The first-order valence-corrected chi connectivity index (χ1v) is 4.80. The van der Waals surface area contributed by atoms with Gasteiger partial charge in [-0.2, -0.15) is 5.10 Å². The average molecular weight is 215 g/mol. The highest BCUT2D eigenvalue weighted by Gasteiger charge is 2.26. The van der Waals surface area contributed by atoms with Crippen molar-refractivity contribution in [1.29, 1.82) is 0 Å². The van der Waals surface area contributed by atoms with Crippen LogP contribution in [0.4, 0.5) is 5.69 Å². The second-order valence-corrected chi connectivity index (χ2v) is 3.88. The quantitative estimate of drug-likeness (QED) is 0.662. The summed E-state index contributed by atoms with van der Waals surface area (Å²) in [4.78, 5) is 11.1. The van der Waals surface area contributed by atoms with E-state index < -0.39 is 0 Å². The van der Waals surface area contributed by atoms with Crippen LogP contribution in [-0.2, 0) is 0 Å². The van der Waals surface area contributed by atoms with Gasteiger partial charge in [-0.15, -0.1) is 0 Å². The molecule has 1 aromatic rings. The maximum atomic E-state index is 11.1. The first kappa shape index (κ1) is 9.48. The van der Waals surface area contributed by atoms with E-state index in [0.717, 1.165) is 12.8 Å². The summed E-state index contributed by atoms with van der Waals surface area (Å²) in [5.74, 6) is 0. The molecule has 1 aliphatic rings. The van der Waals surface area contributed by atoms with E-state index in [1.807, 2.05) is 0 Å². The standard InChI is InChI=1S/C8H11ClN4O/c9-7-6(3-11-13-8(7)14)12-5-1-4(10)2-5/h3-5H,1-2,10H2,(H2,12,13,14). The first-order chi connectivity index (χ1) is 6.66. The molecular formula is C8H11ClN4O. The van der Waals surface area contributed by atoms with Gasteiger partial charge in [0.1, 0.15) is 5.02 Å². The van der Waals surface area contributed by atoms with E-state index in [1.54, 1.807) is 0 Å².